The number of pyridine rings is 3. The van der Waals surface area contributed by atoms with Gasteiger partial charge in [0.1, 0.15) is 11.2 Å². The molecule has 1 aliphatic heterocycles. The molecule has 3 N–H and O–H groups in total. The monoisotopic (exact) mass is 507 g/mol. The average molecular weight is 508 g/mol. The number of imidazole rings is 1. The molecule has 1 aliphatic carbocycles. The van der Waals surface area contributed by atoms with Crippen LogP contribution in [0.3, 0.4) is 0 Å². The summed E-state index contributed by atoms with van der Waals surface area (Å²) in [5.41, 5.74) is 7.71. The summed E-state index contributed by atoms with van der Waals surface area (Å²) in [6.07, 6.45) is 18.7. The highest BCUT2D eigenvalue weighted by Gasteiger charge is 2.19. The average Bonchev–Trinajstić information content (AvgIpc) is 3.73. The van der Waals surface area contributed by atoms with E-state index in [9.17, 15) is 0 Å². The Hall–Kier alpha value is -3.85. The molecule has 38 heavy (non-hydrogen) atoms. The highest BCUT2D eigenvalue weighted by molar-refractivity contribution is 5.95. The maximum atomic E-state index is 5.01. The number of piperidine rings is 1. The molecule has 2 aliphatic rings. The van der Waals surface area contributed by atoms with E-state index in [1.165, 1.54) is 50.5 Å². The maximum absolute atomic E-state index is 5.01. The van der Waals surface area contributed by atoms with E-state index in [1.807, 2.05) is 31.0 Å². The van der Waals surface area contributed by atoms with Gasteiger partial charge < -0.3 is 15.2 Å². The third-order valence-corrected chi connectivity index (χ3v) is 8.08. The molecule has 0 aromatic carbocycles. The van der Waals surface area contributed by atoms with E-state index >= 15 is 0 Å². The Labute approximate surface area is 221 Å². The second-order valence-electron chi connectivity index (χ2n) is 10.7. The molecule has 5 aromatic heterocycles. The van der Waals surface area contributed by atoms with Crippen molar-refractivity contribution in [1.82, 2.24) is 40.4 Å². The number of H-pyrrole nitrogens is 2. The summed E-state index contributed by atoms with van der Waals surface area (Å²) in [6.45, 7) is 4.01. The van der Waals surface area contributed by atoms with Crippen molar-refractivity contribution in [3.05, 3.63) is 48.7 Å². The standard InChI is InChI=1S/C29H33N9/c1-4-8-38(9-5-1)25-18-32-17-24-27(25)35-29(34-24)26-23-11-22(16-33-28(23)37-36-26)21-10-20(14-31-15-21)13-30-12-19-6-2-3-7-19/h10-11,14-19,30H,1-9,12-13H2,(H,34,35)(H,33,36,37). The van der Waals surface area contributed by atoms with Crippen molar-refractivity contribution in [2.24, 2.45) is 5.92 Å². The van der Waals surface area contributed by atoms with Crippen LogP contribution in [0.2, 0.25) is 0 Å². The summed E-state index contributed by atoms with van der Waals surface area (Å²) in [5.74, 6) is 1.57. The zero-order chi connectivity index (χ0) is 25.3. The lowest BCUT2D eigenvalue weighted by Crippen LogP contribution is -2.29. The van der Waals surface area contributed by atoms with Crippen LogP contribution in [-0.4, -0.2) is 54.8 Å². The van der Waals surface area contributed by atoms with Gasteiger partial charge in [-0.1, -0.05) is 12.8 Å². The second-order valence-corrected chi connectivity index (χ2v) is 10.7. The van der Waals surface area contributed by atoms with Gasteiger partial charge in [0.25, 0.3) is 0 Å². The number of nitrogens with zero attached hydrogens (tertiary/aromatic N) is 6. The molecule has 1 saturated heterocycles. The lowest BCUT2D eigenvalue weighted by Gasteiger charge is -2.28. The highest BCUT2D eigenvalue weighted by Crippen LogP contribution is 2.32. The predicted molar refractivity (Wildman–Crippen MR) is 150 cm³/mol. The van der Waals surface area contributed by atoms with Crippen molar-refractivity contribution < 1.29 is 0 Å². The molecule has 9 nitrogen and oxygen atoms in total. The summed E-state index contributed by atoms with van der Waals surface area (Å²) in [4.78, 5) is 24.5. The summed E-state index contributed by atoms with van der Waals surface area (Å²) in [6, 6.07) is 4.33. The SMILES string of the molecule is c1ncc(-c2cnc3n[nH]c(-c4nc5c(N6CCCCC6)cncc5[nH]4)c3c2)cc1CNCC1CCCC1. The van der Waals surface area contributed by atoms with Crippen LogP contribution >= 0.6 is 0 Å². The van der Waals surface area contributed by atoms with E-state index in [-0.39, 0.29) is 0 Å². The molecule has 0 unspecified atom stereocenters. The van der Waals surface area contributed by atoms with Gasteiger partial charge >= 0.3 is 0 Å². The van der Waals surface area contributed by atoms with Crippen molar-refractivity contribution in [2.75, 3.05) is 24.5 Å². The molecule has 0 atom stereocenters. The molecular formula is C29H33N9. The van der Waals surface area contributed by atoms with Crippen molar-refractivity contribution in [1.29, 1.82) is 0 Å². The van der Waals surface area contributed by atoms with Gasteiger partial charge in [-0.05, 0) is 62.3 Å². The van der Waals surface area contributed by atoms with E-state index < -0.39 is 0 Å². The Bertz CT molecular complexity index is 1560. The normalized spacial score (nSPS) is 16.7. The van der Waals surface area contributed by atoms with Crippen LogP contribution in [0, 0.1) is 5.92 Å². The molecule has 0 radical (unpaired) electrons. The molecule has 2 fully saturated rings. The van der Waals surface area contributed by atoms with Gasteiger partial charge in [-0.2, -0.15) is 5.10 Å². The zero-order valence-electron chi connectivity index (χ0n) is 21.6. The zero-order valence-corrected chi connectivity index (χ0v) is 21.6. The number of nitrogens with one attached hydrogen (secondary N) is 3. The fourth-order valence-corrected chi connectivity index (χ4v) is 6.02. The van der Waals surface area contributed by atoms with Crippen LogP contribution in [0.4, 0.5) is 5.69 Å². The number of fused-ring (bicyclic) bond motifs is 2. The Morgan fingerprint density at radius 1 is 0.895 bits per heavy atom. The van der Waals surface area contributed by atoms with Crippen LogP contribution in [0.15, 0.2) is 43.1 Å². The van der Waals surface area contributed by atoms with Crippen LogP contribution in [0.25, 0.3) is 44.7 Å². The van der Waals surface area contributed by atoms with E-state index in [1.54, 1.807) is 0 Å². The van der Waals surface area contributed by atoms with Gasteiger partial charge in [-0.15, -0.1) is 0 Å². The van der Waals surface area contributed by atoms with Crippen molar-refractivity contribution >= 4 is 27.8 Å². The quantitative estimate of drug-likeness (QED) is 0.277. The first kappa shape index (κ1) is 23.3. The molecule has 0 amide bonds. The molecule has 5 aromatic rings. The minimum absolute atomic E-state index is 0.668. The van der Waals surface area contributed by atoms with Gasteiger partial charge in [0, 0.05) is 49.4 Å². The van der Waals surface area contributed by atoms with E-state index in [2.05, 4.69) is 52.5 Å². The van der Waals surface area contributed by atoms with Crippen molar-refractivity contribution in [2.45, 2.75) is 51.5 Å². The number of aromatic nitrogens is 7. The maximum Gasteiger partial charge on any atom is 0.181 e. The summed E-state index contributed by atoms with van der Waals surface area (Å²) < 4.78 is 0. The number of rotatable bonds is 7. The van der Waals surface area contributed by atoms with Gasteiger partial charge in [-0.3, -0.25) is 15.1 Å². The molecule has 0 spiro atoms. The van der Waals surface area contributed by atoms with Gasteiger partial charge in [-0.25, -0.2) is 9.97 Å². The van der Waals surface area contributed by atoms with Crippen LogP contribution in [0.1, 0.15) is 50.5 Å². The number of hydrogen-bond acceptors (Lipinski definition) is 7. The summed E-state index contributed by atoms with van der Waals surface area (Å²) in [7, 11) is 0. The van der Waals surface area contributed by atoms with E-state index in [0.717, 1.165) is 76.8 Å². The Morgan fingerprint density at radius 3 is 2.63 bits per heavy atom. The Morgan fingerprint density at radius 2 is 1.74 bits per heavy atom. The summed E-state index contributed by atoms with van der Waals surface area (Å²) >= 11 is 0. The van der Waals surface area contributed by atoms with Gasteiger partial charge in [0.2, 0.25) is 0 Å². The van der Waals surface area contributed by atoms with Crippen LogP contribution < -0.4 is 10.2 Å². The lowest BCUT2D eigenvalue weighted by molar-refractivity contribution is 0.489. The topological polar surface area (TPSA) is 111 Å². The highest BCUT2D eigenvalue weighted by atomic mass is 15.2. The van der Waals surface area contributed by atoms with Gasteiger partial charge in [0.15, 0.2) is 11.5 Å². The lowest BCUT2D eigenvalue weighted by atomic mass is 10.1. The molecule has 6 heterocycles. The van der Waals surface area contributed by atoms with Crippen LogP contribution in [-0.2, 0) is 6.54 Å². The third-order valence-electron chi connectivity index (χ3n) is 8.08. The summed E-state index contributed by atoms with van der Waals surface area (Å²) in [5, 5.41) is 12.2. The second kappa shape index (κ2) is 10.1. The van der Waals surface area contributed by atoms with Crippen molar-refractivity contribution in [3.63, 3.8) is 0 Å². The first-order chi connectivity index (χ1) is 18.8. The van der Waals surface area contributed by atoms with E-state index in [0.29, 0.717) is 5.65 Å². The fourth-order valence-electron chi connectivity index (χ4n) is 6.02. The molecule has 9 heteroatoms. The largest absolute Gasteiger partial charge is 0.368 e. The third kappa shape index (κ3) is 4.51. The fraction of sp³-hybridized carbons (Fsp3) is 0.414. The molecule has 1 saturated carbocycles. The smallest absolute Gasteiger partial charge is 0.181 e. The number of hydrogen-bond donors (Lipinski definition) is 3. The first-order valence-corrected chi connectivity index (χ1v) is 13.9. The van der Waals surface area contributed by atoms with Crippen molar-refractivity contribution in [3.8, 4) is 22.6 Å². The van der Waals surface area contributed by atoms with E-state index in [4.69, 9.17) is 4.98 Å². The van der Waals surface area contributed by atoms with Gasteiger partial charge in [0.05, 0.1) is 29.0 Å². The Kier molecular flexibility index (Phi) is 6.21. The number of aromatic amines is 2. The molecule has 194 valence electrons. The molecule has 0 bridgehead atoms. The minimum Gasteiger partial charge on any atom is -0.368 e. The van der Waals surface area contributed by atoms with Crippen LogP contribution in [0.5, 0.6) is 0 Å². The number of anilines is 1. The molecular weight excluding hydrogens is 474 g/mol. The molecule has 7 rings (SSSR count). The first-order valence-electron chi connectivity index (χ1n) is 13.9. The minimum atomic E-state index is 0.668. The predicted octanol–water partition coefficient (Wildman–Crippen LogP) is 5.23. The Balaban J connectivity index is 1.18.